The quantitative estimate of drug-likeness (QED) is 0.844. The molecule has 1 N–H and O–H groups in total. The van der Waals surface area contributed by atoms with Crippen LogP contribution in [0, 0.1) is 0 Å². The fourth-order valence-electron chi connectivity index (χ4n) is 1.54. The summed E-state index contributed by atoms with van der Waals surface area (Å²) in [6, 6.07) is 11.2. The predicted octanol–water partition coefficient (Wildman–Crippen LogP) is 3.17. The van der Waals surface area contributed by atoms with Crippen LogP contribution in [0.4, 0.5) is 0 Å². The summed E-state index contributed by atoms with van der Waals surface area (Å²) in [5.74, 6) is -0.956. The third kappa shape index (κ3) is 2.47. The van der Waals surface area contributed by atoms with E-state index >= 15 is 0 Å². The molecule has 2 rings (SSSR count). The monoisotopic (exact) mass is 245 g/mol. The Bertz CT molecular complexity index is 537. The van der Waals surface area contributed by atoms with E-state index in [2.05, 4.69) is 4.98 Å². The Morgan fingerprint density at radius 3 is 2.59 bits per heavy atom. The molecule has 3 nitrogen and oxygen atoms in total. The lowest BCUT2D eigenvalue weighted by Gasteiger charge is -2.06. The van der Waals surface area contributed by atoms with Crippen LogP contribution in [-0.4, -0.2) is 22.3 Å². The molecule has 0 bridgehead atoms. The second kappa shape index (κ2) is 5.01. The van der Waals surface area contributed by atoms with Gasteiger partial charge in [0.25, 0.3) is 0 Å². The van der Waals surface area contributed by atoms with Gasteiger partial charge in [-0.15, -0.1) is 11.8 Å². The molecule has 1 aromatic heterocycles. The summed E-state index contributed by atoms with van der Waals surface area (Å²) in [7, 11) is 0. The smallest absolute Gasteiger partial charge is 0.337 e. The predicted molar refractivity (Wildman–Crippen MR) is 68.4 cm³/mol. The lowest BCUT2D eigenvalue weighted by Crippen LogP contribution is -1.97. The van der Waals surface area contributed by atoms with Gasteiger partial charge >= 0.3 is 5.97 Å². The van der Waals surface area contributed by atoms with Gasteiger partial charge in [0, 0.05) is 16.7 Å². The van der Waals surface area contributed by atoms with Gasteiger partial charge in [-0.2, -0.15) is 0 Å². The van der Waals surface area contributed by atoms with E-state index in [9.17, 15) is 4.79 Å². The molecular formula is C13H11NO2S. The summed E-state index contributed by atoms with van der Waals surface area (Å²) in [5.41, 5.74) is 2.02. The summed E-state index contributed by atoms with van der Waals surface area (Å²) in [4.78, 5) is 16.0. The molecule has 1 heterocycles. The minimum Gasteiger partial charge on any atom is -0.478 e. The number of hydrogen-bond donors (Lipinski definition) is 1. The Morgan fingerprint density at radius 1 is 1.24 bits per heavy atom. The average Bonchev–Trinajstić information content (AvgIpc) is 2.39. The van der Waals surface area contributed by atoms with Crippen molar-refractivity contribution in [1.29, 1.82) is 0 Å². The molecule has 0 unspecified atom stereocenters. The van der Waals surface area contributed by atoms with Crippen molar-refractivity contribution >= 4 is 17.7 Å². The third-order valence-corrected chi connectivity index (χ3v) is 3.19. The van der Waals surface area contributed by atoms with Crippen LogP contribution in [-0.2, 0) is 0 Å². The zero-order valence-electron chi connectivity index (χ0n) is 9.25. The van der Waals surface area contributed by atoms with Gasteiger partial charge in [0.15, 0.2) is 0 Å². The molecule has 1 aromatic carbocycles. The number of pyridine rings is 1. The topological polar surface area (TPSA) is 50.2 Å². The Labute approximate surface area is 104 Å². The highest BCUT2D eigenvalue weighted by molar-refractivity contribution is 7.98. The van der Waals surface area contributed by atoms with Crippen LogP contribution in [0.3, 0.4) is 0 Å². The van der Waals surface area contributed by atoms with Crippen LogP contribution in [0.25, 0.3) is 11.3 Å². The van der Waals surface area contributed by atoms with Gasteiger partial charge in [0.05, 0.1) is 11.3 Å². The normalized spacial score (nSPS) is 10.2. The molecule has 2 aromatic rings. The van der Waals surface area contributed by atoms with Crippen LogP contribution in [0.5, 0.6) is 0 Å². The van der Waals surface area contributed by atoms with Gasteiger partial charge < -0.3 is 5.11 Å². The molecule has 0 saturated carbocycles. The van der Waals surface area contributed by atoms with Gasteiger partial charge in [-0.3, -0.25) is 4.98 Å². The van der Waals surface area contributed by atoms with Gasteiger partial charge in [0.2, 0.25) is 0 Å². The highest BCUT2D eigenvalue weighted by Crippen LogP contribution is 2.28. The van der Waals surface area contributed by atoms with Crippen molar-refractivity contribution in [2.24, 2.45) is 0 Å². The average molecular weight is 245 g/mol. The molecule has 0 saturated heterocycles. The molecule has 0 fully saturated rings. The summed E-state index contributed by atoms with van der Waals surface area (Å²) in [6.07, 6.45) is 3.39. The summed E-state index contributed by atoms with van der Waals surface area (Å²) < 4.78 is 0. The van der Waals surface area contributed by atoms with E-state index in [0.29, 0.717) is 0 Å². The van der Waals surface area contributed by atoms with Crippen molar-refractivity contribution in [1.82, 2.24) is 4.98 Å². The number of nitrogens with zero attached hydrogens (tertiary/aromatic N) is 1. The van der Waals surface area contributed by atoms with E-state index < -0.39 is 5.97 Å². The maximum atomic E-state index is 10.7. The van der Waals surface area contributed by atoms with E-state index in [4.69, 9.17) is 5.11 Å². The Morgan fingerprint density at radius 2 is 2.00 bits per heavy atom. The molecule has 0 aliphatic carbocycles. The maximum absolute atomic E-state index is 10.7. The lowest BCUT2D eigenvalue weighted by atomic mass is 10.1. The summed E-state index contributed by atoms with van der Waals surface area (Å²) >= 11 is 1.64. The van der Waals surface area contributed by atoms with Crippen molar-refractivity contribution in [2.75, 3.05) is 6.26 Å². The van der Waals surface area contributed by atoms with Crippen molar-refractivity contribution in [3.63, 3.8) is 0 Å². The van der Waals surface area contributed by atoms with Gasteiger partial charge in [-0.25, -0.2) is 4.79 Å². The van der Waals surface area contributed by atoms with E-state index in [0.717, 1.165) is 16.2 Å². The second-order valence-corrected chi connectivity index (χ2v) is 4.29. The molecular weight excluding hydrogens is 234 g/mol. The first kappa shape index (κ1) is 11.7. The van der Waals surface area contributed by atoms with Crippen LogP contribution >= 0.6 is 11.8 Å². The van der Waals surface area contributed by atoms with Gasteiger partial charge in [-0.05, 0) is 24.5 Å². The first-order chi connectivity index (χ1) is 8.22. The number of hydrogen-bond acceptors (Lipinski definition) is 3. The number of rotatable bonds is 3. The summed E-state index contributed by atoms with van der Waals surface area (Å²) in [5, 5.41) is 8.80. The van der Waals surface area contributed by atoms with Crippen molar-refractivity contribution in [3.8, 4) is 11.3 Å². The summed E-state index contributed by atoms with van der Waals surface area (Å²) in [6.45, 7) is 0. The van der Waals surface area contributed by atoms with Crippen LogP contribution in [0.15, 0.2) is 47.5 Å². The lowest BCUT2D eigenvalue weighted by molar-refractivity contribution is 0.0696. The fourth-order valence-corrected chi connectivity index (χ4v) is 2.14. The van der Waals surface area contributed by atoms with Crippen molar-refractivity contribution < 1.29 is 9.90 Å². The maximum Gasteiger partial charge on any atom is 0.337 e. The van der Waals surface area contributed by atoms with Crippen LogP contribution in [0.2, 0.25) is 0 Å². The molecule has 0 aliphatic heterocycles. The minimum atomic E-state index is -0.956. The highest BCUT2D eigenvalue weighted by atomic mass is 32.2. The van der Waals surface area contributed by atoms with Gasteiger partial charge in [-0.1, -0.05) is 18.2 Å². The number of aromatic nitrogens is 1. The standard InChI is InChI=1S/C13H11NO2S/c1-17-12-5-3-2-4-10(12)11-7-6-9(8-14-11)13(15)16/h2-8H,1H3,(H,15,16). The zero-order chi connectivity index (χ0) is 12.3. The number of carboxylic acid groups (broad SMARTS) is 1. The number of aromatic carboxylic acids is 1. The second-order valence-electron chi connectivity index (χ2n) is 3.44. The van der Waals surface area contributed by atoms with E-state index in [1.807, 2.05) is 30.5 Å². The molecule has 0 spiro atoms. The van der Waals surface area contributed by atoms with Crippen molar-refractivity contribution in [2.45, 2.75) is 4.90 Å². The third-order valence-electron chi connectivity index (χ3n) is 2.39. The Hall–Kier alpha value is -1.81. The number of thioether (sulfide) groups is 1. The molecule has 86 valence electrons. The molecule has 0 aliphatic rings. The zero-order valence-corrected chi connectivity index (χ0v) is 10.1. The molecule has 0 amide bonds. The highest BCUT2D eigenvalue weighted by Gasteiger charge is 2.07. The molecule has 17 heavy (non-hydrogen) atoms. The van der Waals surface area contributed by atoms with E-state index in [-0.39, 0.29) is 5.56 Å². The Balaban J connectivity index is 2.43. The van der Waals surface area contributed by atoms with Crippen LogP contribution in [0.1, 0.15) is 10.4 Å². The fraction of sp³-hybridized carbons (Fsp3) is 0.0769. The number of carbonyl (C=O) groups is 1. The molecule has 4 heteroatoms. The van der Waals surface area contributed by atoms with E-state index in [1.54, 1.807) is 23.9 Å². The number of benzene rings is 1. The Kier molecular flexibility index (Phi) is 3.44. The first-order valence-electron chi connectivity index (χ1n) is 5.05. The van der Waals surface area contributed by atoms with E-state index in [1.165, 1.54) is 6.20 Å². The number of carboxylic acids is 1. The largest absolute Gasteiger partial charge is 0.478 e. The van der Waals surface area contributed by atoms with Crippen LogP contribution < -0.4 is 0 Å². The minimum absolute atomic E-state index is 0.204. The SMILES string of the molecule is CSc1ccccc1-c1ccc(C(=O)O)cn1. The van der Waals surface area contributed by atoms with Gasteiger partial charge in [0.1, 0.15) is 0 Å². The molecule has 0 radical (unpaired) electrons. The van der Waals surface area contributed by atoms with Crippen molar-refractivity contribution in [3.05, 3.63) is 48.2 Å². The first-order valence-corrected chi connectivity index (χ1v) is 6.27. The molecule has 0 atom stereocenters.